The van der Waals surface area contributed by atoms with E-state index in [1.54, 1.807) is 18.2 Å². The summed E-state index contributed by atoms with van der Waals surface area (Å²) in [6.45, 7) is 5.99. The second-order valence-corrected chi connectivity index (χ2v) is 6.90. The number of sulfonamides is 1. The molecule has 0 bridgehead atoms. The molecule has 0 spiro atoms. The van der Waals surface area contributed by atoms with Gasteiger partial charge in [0.15, 0.2) is 0 Å². The predicted molar refractivity (Wildman–Crippen MR) is 77.7 cm³/mol. The lowest BCUT2D eigenvalue weighted by molar-refractivity contribution is 0.223. The largest absolute Gasteiger partial charge is 0.493 e. The van der Waals surface area contributed by atoms with Gasteiger partial charge in [0, 0.05) is 5.92 Å². The van der Waals surface area contributed by atoms with E-state index in [2.05, 4.69) is 0 Å². The summed E-state index contributed by atoms with van der Waals surface area (Å²) in [7, 11) is -3.53. The lowest BCUT2D eigenvalue weighted by Gasteiger charge is -2.21. The number of nitrogens with two attached hydrogens (primary N) is 1. The first-order chi connectivity index (χ1) is 9.23. The van der Waals surface area contributed by atoms with Gasteiger partial charge in [-0.05, 0) is 30.5 Å². The molecule has 0 amide bonds. The van der Waals surface area contributed by atoms with Crippen molar-refractivity contribution in [3.05, 3.63) is 29.3 Å². The summed E-state index contributed by atoms with van der Waals surface area (Å²) in [6.07, 6.45) is 0. The molecular formula is C14H20N2O3S. The fourth-order valence-corrected chi connectivity index (χ4v) is 2.83. The molecule has 0 aromatic heterocycles. The molecule has 0 aliphatic heterocycles. The smallest absolute Gasteiger partial charge is 0.209 e. The summed E-state index contributed by atoms with van der Waals surface area (Å²) in [6, 6.07) is 7.22. The van der Waals surface area contributed by atoms with Crippen LogP contribution in [0.4, 0.5) is 0 Å². The van der Waals surface area contributed by atoms with E-state index in [1.807, 2.05) is 26.8 Å². The molecule has 1 aromatic rings. The highest BCUT2D eigenvalue weighted by Crippen LogP contribution is 2.21. The molecule has 0 radical (unpaired) electrons. The Bertz CT molecular complexity index is 603. The lowest BCUT2D eigenvalue weighted by atomic mass is 9.99. The average Bonchev–Trinajstić information content (AvgIpc) is 2.34. The van der Waals surface area contributed by atoms with Gasteiger partial charge in [0.25, 0.3) is 0 Å². The molecule has 6 heteroatoms. The van der Waals surface area contributed by atoms with Crippen molar-refractivity contribution in [1.29, 1.82) is 5.26 Å². The number of primary sulfonamides is 1. The summed E-state index contributed by atoms with van der Waals surface area (Å²) in [5.74, 6) is 0.439. The molecule has 0 aliphatic carbocycles. The summed E-state index contributed by atoms with van der Waals surface area (Å²) in [5.41, 5.74) is 1.42. The number of nitrogens with zero attached hydrogens (tertiary/aromatic N) is 1. The minimum atomic E-state index is -3.53. The highest BCUT2D eigenvalue weighted by atomic mass is 32.2. The second kappa shape index (κ2) is 6.73. The number of hydrogen-bond acceptors (Lipinski definition) is 4. The van der Waals surface area contributed by atoms with E-state index in [0.29, 0.717) is 11.3 Å². The molecule has 110 valence electrons. The van der Waals surface area contributed by atoms with Crippen molar-refractivity contribution in [2.45, 2.75) is 20.8 Å². The van der Waals surface area contributed by atoms with Gasteiger partial charge in [-0.15, -0.1) is 0 Å². The maximum Gasteiger partial charge on any atom is 0.209 e. The average molecular weight is 296 g/mol. The van der Waals surface area contributed by atoms with Crippen LogP contribution in [-0.4, -0.2) is 20.8 Å². The topological polar surface area (TPSA) is 93.2 Å². The van der Waals surface area contributed by atoms with Crippen molar-refractivity contribution in [2.24, 2.45) is 17.0 Å². The summed E-state index contributed by atoms with van der Waals surface area (Å²) in [5, 5.41) is 14.0. The van der Waals surface area contributed by atoms with Crippen molar-refractivity contribution in [1.82, 2.24) is 0 Å². The van der Waals surface area contributed by atoms with Crippen molar-refractivity contribution in [3.8, 4) is 11.8 Å². The fourth-order valence-electron chi connectivity index (χ4n) is 1.75. The molecule has 0 saturated heterocycles. The molecule has 0 saturated carbocycles. The first-order valence-corrected chi connectivity index (χ1v) is 8.08. The molecule has 1 rings (SSSR count). The van der Waals surface area contributed by atoms with Crippen molar-refractivity contribution in [3.63, 3.8) is 0 Å². The molecule has 5 nitrogen and oxygen atoms in total. The van der Waals surface area contributed by atoms with Gasteiger partial charge < -0.3 is 4.74 Å². The molecule has 0 heterocycles. The van der Waals surface area contributed by atoms with Crippen LogP contribution >= 0.6 is 0 Å². The molecule has 1 unspecified atom stereocenters. The van der Waals surface area contributed by atoms with Gasteiger partial charge in [0.05, 0.1) is 24.0 Å². The van der Waals surface area contributed by atoms with E-state index < -0.39 is 10.0 Å². The summed E-state index contributed by atoms with van der Waals surface area (Å²) >= 11 is 0. The highest BCUT2D eigenvalue weighted by molar-refractivity contribution is 7.89. The number of hydrogen-bond donors (Lipinski definition) is 1. The number of nitriles is 1. The molecule has 20 heavy (non-hydrogen) atoms. The van der Waals surface area contributed by atoms with Gasteiger partial charge >= 0.3 is 0 Å². The minimum absolute atomic E-state index is 0.109. The highest BCUT2D eigenvalue weighted by Gasteiger charge is 2.20. The second-order valence-electron chi connectivity index (χ2n) is 5.24. The van der Waals surface area contributed by atoms with Crippen LogP contribution in [-0.2, 0) is 10.0 Å². The van der Waals surface area contributed by atoms with Gasteiger partial charge in [-0.2, -0.15) is 5.26 Å². The van der Waals surface area contributed by atoms with Crippen LogP contribution < -0.4 is 9.88 Å². The standard InChI is InChI=1S/C14H20N2O3S/c1-10(2)13(9-20(16,17)18)8-19-14-6-12(7-15)5-4-11(14)3/h4-6,10,13H,8-9H2,1-3H3,(H2,16,17,18). The number of ether oxygens (including phenoxy) is 1. The monoisotopic (exact) mass is 296 g/mol. The Kier molecular flexibility index (Phi) is 5.54. The van der Waals surface area contributed by atoms with Gasteiger partial charge in [0.2, 0.25) is 10.0 Å². The third-order valence-electron chi connectivity index (χ3n) is 3.16. The maximum atomic E-state index is 11.2. The Balaban J connectivity index is 2.80. The van der Waals surface area contributed by atoms with Crippen LogP contribution in [0.25, 0.3) is 0 Å². The Morgan fingerprint density at radius 2 is 2.05 bits per heavy atom. The van der Waals surface area contributed by atoms with Gasteiger partial charge in [0.1, 0.15) is 5.75 Å². The Morgan fingerprint density at radius 3 is 2.55 bits per heavy atom. The molecule has 2 N–H and O–H groups in total. The van der Waals surface area contributed by atoms with Crippen molar-refractivity contribution < 1.29 is 13.2 Å². The molecule has 0 fully saturated rings. The van der Waals surface area contributed by atoms with Crippen molar-refractivity contribution in [2.75, 3.05) is 12.4 Å². The van der Waals surface area contributed by atoms with Crippen LogP contribution in [0, 0.1) is 30.1 Å². The van der Waals surface area contributed by atoms with Gasteiger partial charge in [-0.1, -0.05) is 19.9 Å². The van der Waals surface area contributed by atoms with E-state index in [1.165, 1.54) is 0 Å². The zero-order valence-electron chi connectivity index (χ0n) is 12.0. The summed E-state index contributed by atoms with van der Waals surface area (Å²) < 4.78 is 28.1. The van der Waals surface area contributed by atoms with Crippen molar-refractivity contribution >= 4 is 10.0 Å². The first-order valence-electron chi connectivity index (χ1n) is 6.37. The van der Waals surface area contributed by atoms with Gasteiger partial charge in [-0.25, -0.2) is 13.6 Å². The number of aryl methyl sites for hydroxylation is 1. The van der Waals surface area contributed by atoms with Crippen LogP contribution in [0.15, 0.2) is 18.2 Å². The van der Waals surface area contributed by atoms with E-state index in [0.717, 1.165) is 5.56 Å². The van der Waals surface area contributed by atoms with Crippen LogP contribution in [0.2, 0.25) is 0 Å². The van der Waals surface area contributed by atoms with Crippen LogP contribution in [0.1, 0.15) is 25.0 Å². The third-order valence-corrected chi connectivity index (χ3v) is 4.05. The Labute approximate surface area is 120 Å². The van der Waals surface area contributed by atoms with Gasteiger partial charge in [-0.3, -0.25) is 0 Å². The SMILES string of the molecule is Cc1ccc(C#N)cc1OCC(CS(N)(=O)=O)C(C)C. The van der Waals surface area contributed by atoms with E-state index in [4.69, 9.17) is 15.1 Å². The number of benzene rings is 1. The normalized spacial score (nSPS) is 13.0. The maximum absolute atomic E-state index is 11.2. The fraction of sp³-hybridized carbons (Fsp3) is 0.500. The first kappa shape index (κ1) is 16.5. The van der Waals surface area contributed by atoms with E-state index in [-0.39, 0.29) is 24.2 Å². The summed E-state index contributed by atoms with van der Waals surface area (Å²) in [4.78, 5) is 0. The predicted octanol–water partition coefficient (Wildman–Crippen LogP) is 1.81. The van der Waals surface area contributed by atoms with E-state index in [9.17, 15) is 8.42 Å². The Morgan fingerprint density at radius 1 is 1.40 bits per heavy atom. The Hall–Kier alpha value is -1.58. The third kappa shape index (κ3) is 5.19. The zero-order chi connectivity index (χ0) is 15.3. The lowest BCUT2D eigenvalue weighted by Crippen LogP contribution is -2.30. The molecule has 0 aliphatic rings. The van der Waals surface area contributed by atoms with Crippen LogP contribution in [0.5, 0.6) is 5.75 Å². The van der Waals surface area contributed by atoms with Crippen LogP contribution in [0.3, 0.4) is 0 Å². The van der Waals surface area contributed by atoms with E-state index >= 15 is 0 Å². The molecule has 1 atom stereocenters. The molecule has 1 aromatic carbocycles. The zero-order valence-corrected chi connectivity index (χ0v) is 12.8. The minimum Gasteiger partial charge on any atom is -0.493 e. The quantitative estimate of drug-likeness (QED) is 0.866. The number of rotatable bonds is 6. The molecular weight excluding hydrogens is 276 g/mol.